The number of nitrogens with one attached hydrogen (secondary N) is 1. The first-order chi connectivity index (χ1) is 8.35. The Morgan fingerprint density at radius 2 is 2.22 bits per heavy atom. The molecule has 0 fully saturated rings. The van der Waals surface area contributed by atoms with Crippen molar-refractivity contribution in [3.05, 3.63) is 10.3 Å². The molecular formula is C8H13BrF3N5O. The van der Waals surface area contributed by atoms with E-state index in [-0.39, 0.29) is 13.0 Å². The number of hydrazine groups is 1. The molecule has 0 aliphatic carbocycles. The van der Waals surface area contributed by atoms with Crippen LogP contribution < -0.4 is 11.3 Å². The third-order valence-electron chi connectivity index (χ3n) is 2.17. The molecule has 0 aliphatic heterocycles. The highest BCUT2D eigenvalue weighted by molar-refractivity contribution is 9.10. The molecule has 1 unspecified atom stereocenters. The lowest BCUT2D eigenvalue weighted by atomic mass is 10.1. The highest BCUT2D eigenvalue weighted by atomic mass is 79.9. The summed E-state index contributed by atoms with van der Waals surface area (Å²) >= 11 is 3.19. The van der Waals surface area contributed by atoms with Crippen molar-refractivity contribution in [2.45, 2.75) is 18.6 Å². The first kappa shape index (κ1) is 15.3. The van der Waals surface area contributed by atoms with Crippen LogP contribution in [0.4, 0.5) is 13.2 Å². The lowest BCUT2D eigenvalue weighted by Crippen LogP contribution is -2.31. The molecule has 1 atom stereocenters. The Kier molecular flexibility index (Phi) is 5.50. The van der Waals surface area contributed by atoms with Gasteiger partial charge in [0, 0.05) is 13.7 Å². The Bertz CT molecular complexity index is 364. The second kappa shape index (κ2) is 6.45. The number of aromatic nitrogens is 3. The molecule has 3 N–H and O–H groups in total. The summed E-state index contributed by atoms with van der Waals surface area (Å²) < 4.78 is 42.1. The molecule has 6 nitrogen and oxygen atoms in total. The van der Waals surface area contributed by atoms with E-state index in [1.54, 1.807) is 7.05 Å². The van der Waals surface area contributed by atoms with E-state index < -0.39 is 18.8 Å². The van der Waals surface area contributed by atoms with Gasteiger partial charge >= 0.3 is 6.18 Å². The second-order valence-corrected chi connectivity index (χ2v) is 4.32. The van der Waals surface area contributed by atoms with Gasteiger partial charge in [0.15, 0.2) is 4.60 Å². The van der Waals surface area contributed by atoms with Crippen LogP contribution in [0.1, 0.15) is 18.2 Å². The maximum Gasteiger partial charge on any atom is 0.411 e. The number of halogens is 4. The maximum absolute atomic E-state index is 11.9. The Morgan fingerprint density at radius 1 is 1.56 bits per heavy atom. The fourth-order valence-corrected chi connectivity index (χ4v) is 2.00. The van der Waals surface area contributed by atoms with Gasteiger partial charge in [0.2, 0.25) is 0 Å². The molecule has 0 aromatic carbocycles. The van der Waals surface area contributed by atoms with Crippen LogP contribution in [0.15, 0.2) is 4.60 Å². The van der Waals surface area contributed by atoms with Crippen LogP contribution in [0.3, 0.4) is 0 Å². The summed E-state index contributed by atoms with van der Waals surface area (Å²) in [6.07, 6.45) is -4.05. The number of hydrogen-bond acceptors (Lipinski definition) is 5. The zero-order valence-corrected chi connectivity index (χ0v) is 11.1. The summed E-state index contributed by atoms with van der Waals surface area (Å²) in [6.45, 7) is -1.35. The number of aryl methyl sites for hydroxylation is 1. The molecule has 0 aliphatic rings. The Labute approximate surface area is 110 Å². The predicted molar refractivity (Wildman–Crippen MR) is 60.3 cm³/mol. The number of nitrogens with two attached hydrogens (primary N) is 1. The lowest BCUT2D eigenvalue weighted by Gasteiger charge is -2.16. The number of alkyl halides is 3. The molecule has 0 amide bonds. The number of ether oxygens (including phenoxy) is 1. The summed E-state index contributed by atoms with van der Waals surface area (Å²) in [7, 11) is 1.66. The molecule has 0 saturated heterocycles. The lowest BCUT2D eigenvalue weighted by molar-refractivity contribution is -0.174. The van der Waals surface area contributed by atoms with Crippen LogP contribution in [0.5, 0.6) is 0 Å². The van der Waals surface area contributed by atoms with Gasteiger partial charge in [-0.1, -0.05) is 5.21 Å². The zero-order valence-electron chi connectivity index (χ0n) is 9.54. The van der Waals surface area contributed by atoms with E-state index in [1.165, 1.54) is 4.68 Å². The van der Waals surface area contributed by atoms with Crippen LogP contribution in [0.25, 0.3) is 0 Å². The minimum Gasteiger partial charge on any atom is -0.372 e. The normalized spacial score (nSPS) is 13.9. The van der Waals surface area contributed by atoms with Crippen molar-refractivity contribution in [1.29, 1.82) is 0 Å². The Morgan fingerprint density at radius 3 is 2.67 bits per heavy atom. The van der Waals surface area contributed by atoms with E-state index in [4.69, 9.17) is 5.84 Å². The maximum atomic E-state index is 11.9. The SMILES string of the molecule is Cn1nnc(Br)c1C(CCOCC(F)(F)F)NN. The number of rotatable bonds is 6. The summed E-state index contributed by atoms with van der Waals surface area (Å²) in [5, 5.41) is 7.52. The van der Waals surface area contributed by atoms with Crippen molar-refractivity contribution in [1.82, 2.24) is 20.4 Å². The first-order valence-corrected chi connectivity index (χ1v) is 5.80. The van der Waals surface area contributed by atoms with Crippen molar-refractivity contribution in [3.63, 3.8) is 0 Å². The van der Waals surface area contributed by atoms with Crippen LogP contribution in [-0.2, 0) is 11.8 Å². The van der Waals surface area contributed by atoms with Crippen LogP contribution in [0.2, 0.25) is 0 Å². The fraction of sp³-hybridized carbons (Fsp3) is 0.750. The van der Waals surface area contributed by atoms with E-state index in [0.717, 1.165) is 0 Å². The molecule has 1 rings (SSSR count). The smallest absolute Gasteiger partial charge is 0.372 e. The van der Waals surface area contributed by atoms with E-state index in [9.17, 15) is 13.2 Å². The van der Waals surface area contributed by atoms with E-state index in [2.05, 4.69) is 36.4 Å². The van der Waals surface area contributed by atoms with Crippen LogP contribution >= 0.6 is 15.9 Å². The number of nitrogens with zero attached hydrogens (tertiary/aromatic N) is 3. The predicted octanol–water partition coefficient (Wildman–Crippen LogP) is 1.05. The third-order valence-corrected chi connectivity index (χ3v) is 2.74. The summed E-state index contributed by atoms with van der Waals surface area (Å²) in [5.74, 6) is 5.35. The average molecular weight is 332 g/mol. The quantitative estimate of drug-likeness (QED) is 0.463. The van der Waals surface area contributed by atoms with Gasteiger partial charge in [0.05, 0.1) is 11.7 Å². The van der Waals surface area contributed by atoms with Crippen molar-refractivity contribution in [2.24, 2.45) is 12.9 Å². The first-order valence-electron chi connectivity index (χ1n) is 5.01. The van der Waals surface area contributed by atoms with E-state index in [0.29, 0.717) is 10.3 Å². The Hall–Kier alpha value is -0.710. The molecule has 10 heteroatoms. The summed E-state index contributed by atoms with van der Waals surface area (Å²) in [5.41, 5.74) is 3.14. The molecule has 0 spiro atoms. The summed E-state index contributed by atoms with van der Waals surface area (Å²) in [4.78, 5) is 0. The molecule has 0 saturated carbocycles. The molecule has 1 heterocycles. The van der Waals surface area contributed by atoms with Crippen molar-refractivity contribution in [3.8, 4) is 0 Å². The molecular weight excluding hydrogens is 319 g/mol. The minimum atomic E-state index is -4.32. The largest absolute Gasteiger partial charge is 0.411 e. The van der Waals surface area contributed by atoms with Gasteiger partial charge in [0.25, 0.3) is 0 Å². The van der Waals surface area contributed by atoms with Crippen molar-refractivity contribution >= 4 is 15.9 Å². The number of hydrogen-bond donors (Lipinski definition) is 2. The summed E-state index contributed by atoms with van der Waals surface area (Å²) in [6, 6.07) is -0.396. The second-order valence-electron chi connectivity index (χ2n) is 3.56. The molecule has 1 aromatic rings. The highest BCUT2D eigenvalue weighted by Crippen LogP contribution is 2.22. The van der Waals surface area contributed by atoms with Gasteiger partial charge in [-0.2, -0.15) is 13.2 Å². The minimum absolute atomic E-state index is 0.0774. The van der Waals surface area contributed by atoms with Gasteiger partial charge in [-0.05, 0) is 22.4 Å². The zero-order chi connectivity index (χ0) is 13.8. The van der Waals surface area contributed by atoms with Crippen molar-refractivity contribution < 1.29 is 17.9 Å². The Balaban J connectivity index is 2.49. The molecule has 0 radical (unpaired) electrons. The van der Waals surface area contributed by atoms with Crippen LogP contribution in [-0.4, -0.2) is 34.4 Å². The standard InChI is InChI=1S/C8H13BrF3N5O/c1-17-6(7(9)15-16-17)5(14-13)2-3-18-4-8(10,11)12/h5,14H,2-4,13H2,1H3. The van der Waals surface area contributed by atoms with Gasteiger partial charge in [-0.15, -0.1) is 5.10 Å². The topological polar surface area (TPSA) is 78.0 Å². The third kappa shape index (κ3) is 4.52. The molecule has 0 bridgehead atoms. The molecule has 104 valence electrons. The fourth-order valence-electron chi connectivity index (χ4n) is 1.40. The van der Waals surface area contributed by atoms with E-state index in [1.807, 2.05) is 0 Å². The highest BCUT2D eigenvalue weighted by Gasteiger charge is 2.27. The van der Waals surface area contributed by atoms with Gasteiger partial charge < -0.3 is 4.74 Å². The van der Waals surface area contributed by atoms with Crippen LogP contribution in [0, 0.1) is 0 Å². The van der Waals surface area contributed by atoms with E-state index >= 15 is 0 Å². The molecule has 18 heavy (non-hydrogen) atoms. The van der Waals surface area contributed by atoms with Gasteiger partial charge in [0.1, 0.15) is 6.61 Å². The monoisotopic (exact) mass is 331 g/mol. The van der Waals surface area contributed by atoms with Crippen molar-refractivity contribution in [2.75, 3.05) is 13.2 Å². The average Bonchev–Trinajstić information content (AvgIpc) is 2.59. The molecule has 1 aromatic heterocycles. The van der Waals surface area contributed by atoms with Gasteiger partial charge in [-0.25, -0.2) is 4.68 Å². The van der Waals surface area contributed by atoms with Gasteiger partial charge in [-0.3, -0.25) is 11.3 Å².